The van der Waals surface area contributed by atoms with Crippen LogP contribution >= 0.6 is 11.6 Å². The fourth-order valence-electron chi connectivity index (χ4n) is 2.72. The summed E-state index contributed by atoms with van der Waals surface area (Å²) in [7, 11) is 0. The second-order valence-corrected chi connectivity index (χ2v) is 5.91. The van der Waals surface area contributed by atoms with Gasteiger partial charge < -0.3 is 10.2 Å². The summed E-state index contributed by atoms with van der Waals surface area (Å²) in [5, 5.41) is 3.15. The molecule has 0 saturated carbocycles. The van der Waals surface area contributed by atoms with Crippen LogP contribution < -0.4 is 20.1 Å². The van der Waals surface area contributed by atoms with Crippen molar-refractivity contribution in [2.24, 2.45) is 0 Å². The Bertz CT molecular complexity index is 659. The van der Waals surface area contributed by atoms with Gasteiger partial charge in [0.2, 0.25) is 0 Å². The Balaban J connectivity index is 1.49. The van der Waals surface area contributed by atoms with Crippen LogP contribution in [-0.2, 0) is 4.79 Å². The van der Waals surface area contributed by atoms with Crippen molar-refractivity contribution in [1.29, 1.82) is 0 Å². The molecule has 1 fully saturated rings. The van der Waals surface area contributed by atoms with E-state index in [4.69, 9.17) is 11.6 Å². The summed E-state index contributed by atoms with van der Waals surface area (Å²) in [5.74, 6) is 1.09. The van der Waals surface area contributed by atoms with E-state index in [0.29, 0.717) is 17.4 Å². The largest absolute Gasteiger partial charge is 0.321 e. The molecule has 0 atom stereocenters. The van der Waals surface area contributed by atoms with E-state index < -0.39 is 0 Å². The first-order chi connectivity index (χ1) is 11.2. The molecule has 1 saturated heterocycles. The van der Waals surface area contributed by atoms with Crippen molar-refractivity contribution < 1.29 is 14.7 Å². The van der Waals surface area contributed by atoms with Crippen molar-refractivity contribution in [2.45, 2.75) is 0 Å². The van der Waals surface area contributed by atoms with Crippen molar-refractivity contribution in [3.8, 4) is 0 Å². The van der Waals surface area contributed by atoms with Crippen LogP contribution in [0.4, 0.5) is 11.5 Å². The molecule has 7 heteroatoms. The monoisotopic (exact) mass is 333 g/mol. The fraction of sp³-hybridized carbons (Fsp3) is 0.312. The highest BCUT2D eigenvalue weighted by atomic mass is 35.5. The summed E-state index contributed by atoms with van der Waals surface area (Å²) in [5.41, 5.74) is 0.566. The Hall–Kier alpha value is -2.18. The first-order valence-corrected chi connectivity index (χ1v) is 8.06. The Morgan fingerprint density at radius 2 is 2.13 bits per heavy atom. The van der Waals surface area contributed by atoms with Crippen LogP contribution in [0.1, 0.15) is 0 Å². The number of nitrogens with zero attached hydrogens (tertiary/aromatic N) is 2. The summed E-state index contributed by atoms with van der Waals surface area (Å²) in [6.45, 7) is 4.15. The smallest absolute Gasteiger partial charge is 0.279 e. The van der Waals surface area contributed by atoms with Gasteiger partial charge in [0, 0.05) is 12.3 Å². The van der Waals surface area contributed by atoms with Crippen molar-refractivity contribution >= 4 is 29.0 Å². The van der Waals surface area contributed by atoms with Gasteiger partial charge in [-0.2, -0.15) is 0 Å². The number of quaternary nitrogens is 1. The van der Waals surface area contributed by atoms with E-state index in [-0.39, 0.29) is 5.91 Å². The standard InChI is InChI=1S/C16H18ClN5O/c17-16-13(4-3-7-19-16)20-15(23)12-21-8-10-22(11-9-21)14-5-1-2-6-18-14/h1-7H,8-12H2,(H,20,23)/p+2. The molecule has 2 aromatic rings. The molecule has 23 heavy (non-hydrogen) atoms. The molecule has 1 aliphatic rings. The predicted octanol–water partition coefficient (Wildman–Crippen LogP) is -0.107. The number of H-pyrrole nitrogens is 1. The van der Waals surface area contributed by atoms with Crippen LogP contribution in [0.2, 0.25) is 5.15 Å². The number of pyridine rings is 2. The third-order valence-corrected chi connectivity index (χ3v) is 4.25. The highest BCUT2D eigenvalue weighted by Gasteiger charge is 2.27. The molecule has 0 aromatic carbocycles. The normalized spacial score (nSPS) is 15.4. The maximum atomic E-state index is 12.1. The van der Waals surface area contributed by atoms with E-state index in [9.17, 15) is 4.79 Å². The first-order valence-electron chi connectivity index (χ1n) is 7.68. The molecule has 3 heterocycles. The third-order valence-electron chi connectivity index (χ3n) is 3.95. The van der Waals surface area contributed by atoms with E-state index in [2.05, 4.69) is 26.3 Å². The number of amides is 1. The Morgan fingerprint density at radius 1 is 1.30 bits per heavy atom. The van der Waals surface area contributed by atoms with Gasteiger partial charge in [-0.25, -0.2) is 9.97 Å². The van der Waals surface area contributed by atoms with Gasteiger partial charge in [0.15, 0.2) is 11.7 Å². The third kappa shape index (κ3) is 4.18. The zero-order chi connectivity index (χ0) is 16.1. The van der Waals surface area contributed by atoms with Crippen molar-refractivity contribution in [3.63, 3.8) is 0 Å². The molecule has 0 aliphatic carbocycles. The second-order valence-electron chi connectivity index (χ2n) is 5.55. The minimum Gasteiger partial charge on any atom is -0.321 e. The summed E-state index contributed by atoms with van der Waals surface area (Å²) < 4.78 is 0. The van der Waals surface area contributed by atoms with Crippen molar-refractivity contribution in [3.05, 3.63) is 47.9 Å². The van der Waals surface area contributed by atoms with Gasteiger partial charge in [-0.1, -0.05) is 17.7 Å². The minimum absolute atomic E-state index is 0.0328. The maximum Gasteiger partial charge on any atom is 0.279 e. The van der Waals surface area contributed by atoms with Crippen LogP contribution in [0.25, 0.3) is 0 Å². The average molecular weight is 334 g/mol. The van der Waals surface area contributed by atoms with E-state index in [1.165, 1.54) is 4.90 Å². The number of rotatable bonds is 4. The molecular formula is C16H20ClN5O+2. The molecule has 1 aliphatic heterocycles. The number of aromatic nitrogens is 2. The number of carbonyl (C=O) groups excluding carboxylic acids is 1. The SMILES string of the molecule is O=C(C[NH+]1CCN(c2cccc[nH+]2)CC1)Nc1cccnc1Cl. The number of carbonyl (C=O) groups is 1. The van der Waals surface area contributed by atoms with Gasteiger partial charge >= 0.3 is 0 Å². The number of piperazine rings is 1. The number of nitrogens with one attached hydrogen (secondary N) is 3. The summed E-state index contributed by atoms with van der Waals surface area (Å²) >= 11 is 5.96. The van der Waals surface area contributed by atoms with Gasteiger partial charge in [-0.3, -0.25) is 9.69 Å². The van der Waals surface area contributed by atoms with Gasteiger partial charge in [-0.05, 0) is 18.2 Å². The van der Waals surface area contributed by atoms with Gasteiger partial charge in [0.05, 0.1) is 11.9 Å². The number of halogens is 1. The quantitative estimate of drug-likeness (QED) is 0.768. The maximum absolute atomic E-state index is 12.1. The lowest BCUT2D eigenvalue weighted by Gasteiger charge is -2.27. The van der Waals surface area contributed by atoms with Crippen LogP contribution in [-0.4, -0.2) is 43.6 Å². The Labute approximate surface area is 140 Å². The molecule has 3 rings (SSSR count). The van der Waals surface area contributed by atoms with Crippen molar-refractivity contribution in [2.75, 3.05) is 42.9 Å². The van der Waals surface area contributed by atoms with Gasteiger partial charge in [-0.15, -0.1) is 0 Å². The lowest BCUT2D eigenvalue weighted by Crippen LogP contribution is -3.15. The van der Waals surface area contributed by atoms with Crippen molar-refractivity contribution in [1.82, 2.24) is 4.98 Å². The predicted molar refractivity (Wildman–Crippen MR) is 88.7 cm³/mol. The van der Waals surface area contributed by atoms with Gasteiger partial charge in [0.25, 0.3) is 11.7 Å². The van der Waals surface area contributed by atoms with E-state index >= 15 is 0 Å². The molecule has 2 aromatic heterocycles. The van der Waals surface area contributed by atoms with Crippen LogP contribution in [0, 0.1) is 0 Å². The molecular weight excluding hydrogens is 314 g/mol. The van der Waals surface area contributed by atoms with Crippen LogP contribution in [0.3, 0.4) is 0 Å². The lowest BCUT2D eigenvalue weighted by atomic mass is 10.3. The summed E-state index contributed by atoms with van der Waals surface area (Å²) in [6.07, 6.45) is 3.53. The van der Waals surface area contributed by atoms with E-state index in [1.54, 1.807) is 18.3 Å². The zero-order valence-corrected chi connectivity index (χ0v) is 13.5. The Kier molecular flexibility index (Phi) is 5.05. The van der Waals surface area contributed by atoms with Crippen LogP contribution in [0.5, 0.6) is 0 Å². The molecule has 0 bridgehead atoms. The zero-order valence-electron chi connectivity index (χ0n) is 12.8. The second kappa shape index (κ2) is 7.39. The first kappa shape index (κ1) is 15.7. The van der Waals surface area contributed by atoms with Gasteiger partial charge in [0.1, 0.15) is 26.2 Å². The lowest BCUT2D eigenvalue weighted by molar-refractivity contribution is -0.892. The fourth-order valence-corrected chi connectivity index (χ4v) is 2.89. The molecule has 6 nitrogen and oxygen atoms in total. The number of hydrogen-bond acceptors (Lipinski definition) is 3. The number of anilines is 2. The molecule has 1 amide bonds. The molecule has 0 spiro atoms. The Morgan fingerprint density at radius 3 is 2.83 bits per heavy atom. The topological polar surface area (TPSA) is 63.8 Å². The summed E-state index contributed by atoms with van der Waals surface area (Å²) in [4.78, 5) is 22.9. The number of hydrogen-bond donors (Lipinski definition) is 2. The number of aromatic amines is 1. The minimum atomic E-state index is -0.0328. The van der Waals surface area contributed by atoms with E-state index in [1.807, 2.05) is 18.3 Å². The highest BCUT2D eigenvalue weighted by Crippen LogP contribution is 2.16. The average Bonchev–Trinajstić information content (AvgIpc) is 2.58. The highest BCUT2D eigenvalue weighted by molar-refractivity contribution is 6.32. The molecule has 0 radical (unpaired) electrons. The van der Waals surface area contributed by atoms with E-state index in [0.717, 1.165) is 32.0 Å². The summed E-state index contributed by atoms with van der Waals surface area (Å²) in [6, 6.07) is 9.58. The molecule has 0 unspecified atom stereocenters. The molecule has 3 N–H and O–H groups in total. The molecule has 120 valence electrons. The van der Waals surface area contributed by atoms with Crippen LogP contribution in [0.15, 0.2) is 42.7 Å².